The van der Waals surface area contributed by atoms with E-state index in [1.807, 2.05) is 79.7 Å². The molecular formula is C21H19ClN2OS. The predicted octanol–water partition coefficient (Wildman–Crippen LogP) is 5.12. The van der Waals surface area contributed by atoms with Gasteiger partial charge in [0.2, 0.25) is 5.91 Å². The highest BCUT2D eigenvalue weighted by Gasteiger charge is 2.22. The van der Waals surface area contributed by atoms with Crippen LogP contribution in [0, 0.1) is 0 Å². The molecule has 5 heteroatoms. The molecule has 1 N–H and O–H groups in total. The lowest BCUT2D eigenvalue weighted by Gasteiger charge is -2.21. The molecule has 3 aromatic rings. The quantitative estimate of drug-likeness (QED) is 0.601. The summed E-state index contributed by atoms with van der Waals surface area (Å²) in [5.74, 6) is -0.0375. The van der Waals surface area contributed by atoms with Crippen LogP contribution >= 0.6 is 23.4 Å². The minimum atomic E-state index is -0.279. The highest BCUT2D eigenvalue weighted by molar-refractivity contribution is 8.00. The SMILES string of the molecule is CC(Sc1ccc(Cl)cc1)C(=O)NC(c1ccccc1)c1ccccn1. The Hall–Kier alpha value is -2.30. The maximum atomic E-state index is 12.8. The maximum Gasteiger partial charge on any atom is 0.234 e. The molecule has 0 bridgehead atoms. The van der Waals surface area contributed by atoms with Crippen molar-refractivity contribution in [3.63, 3.8) is 0 Å². The number of benzene rings is 2. The van der Waals surface area contributed by atoms with E-state index in [-0.39, 0.29) is 17.2 Å². The largest absolute Gasteiger partial charge is 0.343 e. The third-order valence-electron chi connectivity index (χ3n) is 3.90. The summed E-state index contributed by atoms with van der Waals surface area (Å²) < 4.78 is 0. The zero-order valence-electron chi connectivity index (χ0n) is 14.3. The number of nitrogens with one attached hydrogen (secondary N) is 1. The number of amides is 1. The molecule has 2 unspecified atom stereocenters. The molecular weight excluding hydrogens is 364 g/mol. The van der Waals surface area contributed by atoms with Gasteiger partial charge in [-0.05, 0) is 48.9 Å². The maximum absolute atomic E-state index is 12.8. The van der Waals surface area contributed by atoms with E-state index >= 15 is 0 Å². The molecule has 1 heterocycles. The number of pyridine rings is 1. The Bertz CT molecular complexity index is 801. The molecule has 26 heavy (non-hydrogen) atoms. The predicted molar refractivity (Wildman–Crippen MR) is 107 cm³/mol. The fourth-order valence-electron chi connectivity index (χ4n) is 2.55. The van der Waals surface area contributed by atoms with Gasteiger partial charge < -0.3 is 5.32 Å². The van der Waals surface area contributed by atoms with Gasteiger partial charge in [-0.1, -0.05) is 48.0 Å². The third-order valence-corrected chi connectivity index (χ3v) is 5.26. The molecule has 0 aliphatic heterocycles. The van der Waals surface area contributed by atoms with Crippen molar-refractivity contribution < 1.29 is 4.79 Å². The minimum absolute atomic E-state index is 0.0375. The van der Waals surface area contributed by atoms with E-state index in [0.717, 1.165) is 16.2 Å². The number of carbonyl (C=O) groups is 1. The van der Waals surface area contributed by atoms with E-state index in [1.165, 1.54) is 11.8 Å². The lowest BCUT2D eigenvalue weighted by molar-refractivity contribution is -0.120. The van der Waals surface area contributed by atoms with Crippen molar-refractivity contribution in [2.24, 2.45) is 0 Å². The Morgan fingerprint density at radius 2 is 1.69 bits per heavy atom. The van der Waals surface area contributed by atoms with E-state index in [4.69, 9.17) is 11.6 Å². The van der Waals surface area contributed by atoms with E-state index in [9.17, 15) is 4.79 Å². The van der Waals surface area contributed by atoms with Gasteiger partial charge in [0, 0.05) is 16.1 Å². The third kappa shape index (κ3) is 4.87. The molecule has 132 valence electrons. The highest BCUT2D eigenvalue weighted by atomic mass is 35.5. The number of halogens is 1. The van der Waals surface area contributed by atoms with Gasteiger partial charge in [-0.2, -0.15) is 0 Å². The zero-order valence-corrected chi connectivity index (χ0v) is 15.9. The summed E-state index contributed by atoms with van der Waals surface area (Å²) in [7, 11) is 0. The van der Waals surface area contributed by atoms with E-state index in [0.29, 0.717) is 5.02 Å². The summed E-state index contributed by atoms with van der Waals surface area (Å²) in [4.78, 5) is 18.2. The first-order chi connectivity index (χ1) is 12.6. The van der Waals surface area contributed by atoms with E-state index < -0.39 is 0 Å². The number of hydrogen-bond acceptors (Lipinski definition) is 3. The molecule has 3 rings (SSSR count). The average molecular weight is 383 g/mol. The Labute approximate surface area is 162 Å². The van der Waals surface area contributed by atoms with Crippen LogP contribution in [0.4, 0.5) is 0 Å². The lowest BCUT2D eigenvalue weighted by Crippen LogP contribution is -2.35. The Balaban J connectivity index is 1.75. The second-order valence-corrected chi connectivity index (χ2v) is 7.67. The van der Waals surface area contributed by atoms with Gasteiger partial charge >= 0.3 is 0 Å². The number of nitrogens with zero attached hydrogens (tertiary/aromatic N) is 1. The molecule has 2 aromatic carbocycles. The molecule has 0 saturated carbocycles. The Morgan fingerprint density at radius 1 is 1.00 bits per heavy atom. The second kappa shape index (κ2) is 8.88. The first-order valence-electron chi connectivity index (χ1n) is 8.32. The fraction of sp³-hybridized carbons (Fsp3) is 0.143. The molecule has 2 atom stereocenters. The van der Waals surface area contributed by atoms with Gasteiger partial charge in [-0.15, -0.1) is 11.8 Å². The van der Waals surface area contributed by atoms with E-state index in [2.05, 4.69) is 10.3 Å². The molecule has 1 aromatic heterocycles. The van der Waals surface area contributed by atoms with Crippen molar-refractivity contribution in [2.75, 3.05) is 0 Å². The molecule has 0 radical (unpaired) electrons. The fourth-order valence-corrected chi connectivity index (χ4v) is 3.55. The number of thioether (sulfide) groups is 1. The second-order valence-electron chi connectivity index (χ2n) is 5.82. The number of aromatic nitrogens is 1. The van der Waals surface area contributed by atoms with Crippen LogP contribution in [-0.4, -0.2) is 16.1 Å². The van der Waals surface area contributed by atoms with Crippen LogP contribution < -0.4 is 5.32 Å². The van der Waals surface area contributed by atoms with Crippen molar-refractivity contribution >= 4 is 29.3 Å². The van der Waals surface area contributed by atoms with E-state index in [1.54, 1.807) is 6.20 Å². The molecule has 1 amide bonds. The summed E-state index contributed by atoms with van der Waals surface area (Å²) in [6.07, 6.45) is 1.74. The summed E-state index contributed by atoms with van der Waals surface area (Å²) in [5, 5.41) is 3.57. The van der Waals surface area contributed by atoms with Crippen LogP contribution in [0.15, 0.2) is 83.9 Å². The van der Waals surface area contributed by atoms with Gasteiger partial charge in [0.05, 0.1) is 17.0 Å². The average Bonchev–Trinajstić information content (AvgIpc) is 2.69. The monoisotopic (exact) mass is 382 g/mol. The minimum Gasteiger partial charge on any atom is -0.343 e. The van der Waals surface area contributed by atoms with Gasteiger partial charge in [-0.25, -0.2) is 0 Å². The van der Waals surface area contributed by atoms with Crippen LogP contribution in [0.2, 0.25) is 5.02 Å². The number of carbonyl (C=O) groups excluding carboxylic acids is 1. The molecule has 0 fully saturated rings. The van der Waals surface area contributed by atoms with Crippen molar-refractivity contribution in [1.82, 2.24) is 10.3 Å². The number of rotatable bonds is 6. The van der Waals surface area contributed by atoms with Crippen LogP contribution in [0.25, 0.3) is 0 Å². The molecule has 0 spiro atoms. The summed E-state index contributed by atoms with van der Waals surface area (Å²) in [6, 6.07) is 22.8. The van der Waals surface area contributed by atoms with Crippen LogP contribution in [0.3, 0.4) is 0 Å². The van der Waals surface area contributed by atoms with Crippen LogP contribution in [-0.2, 0) is 4.79 Å². The first kappa shape index (κ1) is 18.5. The molecule has 0 saturated heterocycles. The highest BCUT2D eigenvalue weighted by Crippen LogP contribution is 2.26. The van der Waals surface area contributed by atoms with Gasteiger partial charge in [0.1, 0.15) is 0 Å². The smallest absolute Gasteiger partial charge is 0.234 e. The molecule has 0 aliphatic rings. The van der Waals surface area contributed by atoms with Crippen molar-refractivity contribution in [2.45, 2.75) is 23.1 Å². The van der Waals surface area contributed by atoms with Gasteiger partial charge in [0.25, 0.3) is 0 Å². The van der Waals surface area contributed by atoms with Crippen molar-refractivity contribution in [3.8, 4) is 0 Å². The Morgan fingerprint density at radius 3 is 2.35 bits per heavy atom. The summed E-state index contributed by atoms with van der Waals surface area (Å²) in [6.45, 7) is 1.90. The standard InChI is InChI=1S/C21H19ClN2OS/c1-15(26-18-12-10-17(22)11-13-18)21(25)24-20(16-7-3-2-4-8-16)19-9-5-6-14-23-19/h2-15,20H,1H3,(H,24,25). The van der Waals surface area contributed by atoms with Crippen molar-refractivity contribution in [1.29, 1.82) is 0 Å². The Kier molecular flexibility index (Phi) is 6.31. The number of hydrogen-bond donors (Lipinski definition) is 1. The van der Waals surface area contributed by atoms with Gasteiger partial charge in [-0.3, -0.25) is 9.78 Å². The van der Waals surface area contributed by atoms with Crippen LogP contribution in [0.5, 0.6) is 0 Å². The molecule has 3 nitrogen and oxygen atoms in total. The molecule has 0 aliphatic carbocycles. The first-order valence-corrected chi connectivity index (χ1v) is 9.58. The summed E-state index contributed by atoms with van der Waals surface area (Å²) >= 11 is 7.42. The normalized spacial score (nSPS) is 13.0. The van der Waals surface area contributed by atoms with Gasteiger partial charge in [0.15, 0.2) is 0 Å². The summed E-state index contributed by atoms with van der Waals surface area (Å²) in [5.41, 5.74) is 1.82. The van der Waals surface area contributed by atoms with Crippen LogP contribution in [0.1, 0.15) is 24.2 Å². The lowest BCUT2D eigenvalue weighted by atomic mass is 10.0. The van der Waals surface area contributed by atoms with Crippen molar-refractivity contribution in [3.05, 3.63) is 95.3 Å². The zero-order chi connectivity index (χ0) is 18.4. The topological polar surface area (TPSA) is 42.0 Å².